The second kappa shape index (κ2) is 4.31. The smallest absolute Gasteiger partial charge is 0.0940 e. The van der Waals surface area contributed by atoms with Gasteiger partial charge in [0.05, 0.1) is 6.10 Å². The Kier molecular flexibility index (Phi) is 3.05. The zero-order valence-corrected chi connectivity index (χ0v) is 9.71. The summed E-state index contributed by atoms with van der Waals surface area (Å²) in [6, 6.07) is 8.28. The van der Waals surface area contributed by atoms with Crippen molar-refractivity contribution in [2.24, 2.45) is 0 Å². The van der Waals surface area contributed by atoms with E-state index < -0.39 is 6.10 Å². The van der Waals surface area contributed by atoms with Crippen molar-refractivity contribution in [3.63, 3.8) is 0 Å². The molecule has 2 N–H and O–H groups in total. The minimum Gasteiger partial charge on any atom is -0.387 e. The maximum atomic E-state index is 10.0. The number of fused-ring (bicyclic) bond motifs is 1. The van der Waals surface area contributed by atoms with Crippen LogP contribution in [-0.2, 0) is 0 Å². The molecule has 0 amide bonds. The van der Waals surface area contributed by atoms with E-state index in [4.69, 9.17) is 0 Å². The topological polar surface area (TPSA) is 32.3 Å². The van der Waals surface area contributed by atoms with Gasteiger partial charge in [0.2, 0.25) is 0 Å². The second-order valence-electron chi connectivity index (χ2n) is 3.74. The number of thiophene rings is 1. The molecule has 2 rings (SSSR count). The second-order valence-corrected chi connectivity index (χ2v) is 4.69. The van der Waals surface area contributed by atoms with Crippen LogP contribution in [0.1, 0.15) is 18.6 Å². The Balaban J connectivity index is 2.35. The largest absolute Gasteiger partial charge is 0.387 e. The fraction of sp³-hybridized carbons (Fsp3) is 0.333. The Morgan fingerprint density at radius 3 is 2.87 bits per heavy atom. The van der Waals surface area contributed by atoms with Gasteiger partial charge < -0.3 is 10.4 Å². The molecule has 0 spiro atoms. The van der Waals surface area contributed by atoms with Crippen LogP contribution in [0.5, 0.6) is 0 Å². The van der Waals surface area contributed by atoms with E-state index in [1.165, 1.54) is 10.1 Å². The van der Waals surface area contributed by atoms with Gasteiger partial charge in [-0.05, 0) is 48.5 Å². The predicted octanol–water partition coefficient (Wildman–Crippen LogP) is 2.54. The van der Waals surface area contributed by atoms with Crippen molar-refractivity contribution in [3.05, 3.63) is 35.2 Å². The van der Waals surface area contributed by atoms with E-state index in [9.17, 15) is 5.11 Å². The normalized spacial score (nSPS) is 15.4. The molecule has 2 aromatic rings. The molecule has 2 unspecified atom stereocenters. The summed E-state index contributed by atoms with van der Waals surface area (Å²) in [6.07, 6.45) is -0.445. The van der Waals surface area contributed by atoms with Crippen LogP contribution >= 0.6 is 11.3 Å². The number of aliphatic hydroxyl groups is 1. The summed E-state index contributed by atoms with van der Waals surface area (Å²) in [5.41, 5.74) is 0.975. The van der Waals surface area contributed by atoms with Gasteiger partial charge in [-0.15, -0.1) is 11.3 Å². The van der Waals surface area contributed by atoms with Gasteiger partial charge in [0.15, 0.2) is 0 Å². The van der Waals surface area contributed by atoms with E-state index in [0.717, 1.165) is 5.56 Å². The molecule has 0 aliphatic carbocycles. The molecule has 0 aliphatic rings. The SMILES string of the molecule is CNC(C)C(O)c1ccc2sccc2c1. The number of likely N-dealkylation sites (N-methyl/N-ethyl adjacent to an activating group) is 1. The highest BCUT2D eigenvalue weighted by molar-refractivity contribution is 7.17. The van der Waals surface area contributed by atoms with Crippen LogP contribution in [0.15, 0.2) is 29.6 Å². The Bertz CT molecular complexity index is 452. The zero-order chi connectivity index (χ0) is 10.8. The van der Waals surface area contributed by atoms with Gasteiger partial charge >= 0.3 is 0 Å². The van der Waals surface area contributed by atoms with Crippen LogP contribution in [0.2, 0.25) is 0 Å². The van der Waals surface area contributed by atoms with E-state index >= 15 is 0 Å². The highest BCUT2D eigenvalue weighted by atomic mass is 32.1. The molecule has 2 atom stereocenters. The molecule has 15 heavy (non-hydrogen) atoms. The molecule has 0 radical (unpaired) electrons. The summed E-state index contributed by atoms with van der Waals surface area (Å²) in [6.45, 7) is 1.97. The molecule has 0 fully saturated rings. The maximum absolute atomic E-state index is 10.0. The van der Waals surface area contributed by atoms with Gasteiger partial charge in [-0.1, -0.05) is 6.07 Å². The van der Waals surface area contributed by atoms with Gasteiger partial charge in [-0.25, -0.2) is 0 Å². The average molecular weight is 221 g/mol. The molecule has 3 heteroatoms. The third kappa shape index (κ3) is 2.04. The number of aliphatic hydroxyl groups excluding tert-OH is 1. The van der Waals surface area contributed by atoms with E-state index in [2.05, 4.69) is 28.9 Å². The average Bonchev–Trinajstić information content (AvgIpc) is 2.73. The zero-order valence-electron chi connectivity index (χ0n) is 8.90. The summed E-state index contributed by atoms with van der Waals surface area (Å²) in [5.74, 6) is 0. The minimum atomic E-state index is -0.445. The first kappa shape index (κ1) is 10.6. The van der Waals surface area contributed by atoms with Crippen molar-refractivity contribution in [2.45, 2.75) is 19.1 Å². The Morgan fingerprint density at radius 1 is 1.33 bits per heavy atom. The third-order valence-corrected chi connectivity index (χ3v) is 3.64. The number of hydrogen-bond acceptors (Lipinski definition) is 3. The first-order valence-corrected chi connectivity index (χ1v) is 5.93. The van der Waals surface area contributed by atoms with E-state index in [1.54, 1.807) is 11.3 Å². The quantitative estimate of drug-likeness (QED) is 0.835. The molecule has 1 heterocycles. The monoisotopic (exact) mass is 221 g/mol. The molecule has 0 saturated heterocycles. The van der Waals surface area contributed by atoms with E-state index in [1.807, 2.05) is 20.0 Å². The standard InChI is InChI=1S/C12H15NOS/c1-8(13-2)12(14)10-3-4-11-9(7-10)5-6-15-11/h3-8,12-14H,1-2H3. The van der Waals surface area contributed by atoms with Crippen molar-refractivity contribution >= 4 is 21.4 Å². The van der Waals surface area contributed by atoms with E-state index in [0.29, 0.717) is 0 Å². The number of hydrogen-bond donors (Lipinski definition) is 2. The van der Waals surface area contributed by atoms with Crippen molar-refractivity contribution < 1.29 is 5.11 Å². The molecular formula is C12H15NOS. The van der Waals surface area contributed by atoms with Crippen molar-refractivity contribution in [1.29, 1.82) is 0 Å². The molecule has 0 saturated carbocycles. The van der Waals surface area contributed by atoms with Crippen LogP contribution in [-0.4, -0.2) is 18.2 Å². The van der Waals surface area contributed by atoms with Gasteiger partial charge in [0, 0.05) is 10.7 Å². The lowest BCUT2D eigenvalue weighted by Crippen LogP contribution is -2.28. The summed E-state index contributed by atoms with van der Waals surface area (Å²) in [7, 11) is 1.86. The van der Waals surface area contributed by atoms with Crippen LogP contribution < -0.4 is 5.32 Å². The lowest BCUT2D eigenvalue weighted by Gasteiger charge is -2.18. The van der Waals surface area contributed by atoms with Gasteiger partial charge in [-0.3, -0.25) is 0 Å². The fourth-order valence-corrected chi connectivity index (χ4v) is 2.39. The van der Waals surface area contributed by atoms with Gasteiger partial charge in [-0.2, -0.15) is 0 Å². The molecule has 0 aliphatic heterocycles. The van der Waals surface area contributed by atoms with Gasteiger partial charge in [0.25, 0.3) is 0 Å². The number of benzene rings is 1. The van der Waals surface area contributed by atoms with Crippen molar-refractivity contribution in [1.82, 2.24) is 5.32 Å². The van der Waals surface area contributed by atoms with Crippen LogP contribution in [0.25, 0.3) is 10.1 Å². The highest BCUT2D eigenvalue weighted by Crippen LogP contribution is 2.25. The maximum Gasteiger partial charge on any atom is 0.0940 e. The molecule has 2 nitrogen and oxygen atoms in total. The molecular weight excluding hydrogens is 206 g/mol. The first-order chi connectivity index (χ1) is 7.22. The Morgan fingerprint density at radius 2 is 2.13 bits per heavy atom. The van der Waals surface area contributed by atoms with Crippen LogP contribution in [0.4, 0.5) is 0 Å². The lowest BCUT2D eigenvalue weighted by atomic mass is 10.0. The first-order valence-electron chi connectivity index (χ1n) is 5.05. The van der Waals surface area contributed by atoms with E-state index in [-0.39, 0.29) is 6.04 Å². The third-order valence-electron chi connectivity index (χ3n) is 2.75. The van der Waals surface area contributed by atoms with Crippen LogP contribution in [0.3, 0.4) is 0 Å². The summed E-state index contributed by atoms with van der Waals surface area (Å²) >= 11 is 1.72. The Labute approximate surface area is 93.6 Å². The highest BCUT2D eigenvalue weighted by Gasteiger charge is 2.14. The number of nitrogens with one attached hydrogen (secondary N) is 1. The van der Waals surface area contributed by atoms with Crippen molar-refractivity contribution in [2.75, 3.05) is 7.05 Å². The Hall–Kier alpha value is -0.900. The number of rotatable bonds is 3. The van der Waals surface area contributed by atoms with Crippen molar-refractivity contribution in [3.8, 4) is 0 Å². The molecule has 1 aromatic heterocycles. The molecule has 80 valence electrons. The summed E-state index contributed by atoms with van der Waals surface area (Å²) < 4.78 is 1.27. The summed E-state index contributed by atoms with van der Waals surface area (Å²) in [5, 5.41) is 16.4. The van der Waals surface area contributed by atoms with Gasteiger partial charge in [0.1, 0.15) is 0 Å². The van der Waals surface area contributed by atoms with Crippen LogP contribution in [0, 0.1) is 0 Å². The molecule has 0 bridgehead atoms. The minimum absolute atomic E-state index is 0.0704. The summed E-state index contributed by atoms with van der Waals surface area (Å²) in [4.78, 5) is 0. The predicted molar refractivity (Wildman–Crippen MR) is 65.3 cm³/mol. The lowest BCUT2D eigenvalue weighted by molar-refractivity contribution is 0.140. The fourth-order valence-electron chi connectivity index (χ4n) is 1.62. The molecule has 1 aromatic carbocycles.